The third kappa shape index (κ3) is 5.29. The zero-order valence-electron chi connectivity index (χ0n) is 19.4. The molecule has 0 aliphatic carbocycles. The summed E-state index contributed by atoms with van der Waals surface area (Å²) in [5.74, 6) is -0.0450. The average molecular weight is 558 g/mol. The van der Waals surface area contributed by atoms with E-state index in [2.05, 4.69) is 20.9 Å². The van der Waals surface area contributed by atoms with E-state index in [1.807, 2.05) is 25.7 Å². The van der Waals surface area contributed by atoms with Gasteiger partial charge in [-0.3, -0.25) is 0 Å². The van der Waals surface area contributed by atoms with E-state index in [0.29, 0.717) is 34.6 Å². The fourth-order valence-corrected chi connectivity index (χ4v) is 6.37. The lowest BCUT2D eigenvalue weighted by atomic mass is 10.1. The molecule has 2 aliphatic heterocycles. The molecule has 3 heterocycles. The van der Waals surface area contributed by atoms with Gasteiger partial charge in [0.15, 0.2) is 0 Å². The standard InChI is InChI=1S/C23H29BrFN3O5S/c1-15-4-7-21(22(26-15)27-11-17(13-29)33-23(2,3)14-27)34(30,31)28-8-9-32-20(12-28)16-5-6-19(25)18(24)10-16/h4-7,10,17,20,29H,8-9,11-14H2,1-3H3. The molecule has 2 atom stereocenters. The number of ether oxygens (including phenoxy) is 2. The topological polar surface area (TPSA) is 92.2 Å². The van der Waals surface area contributed by atoms with Gasteiger partial charge in [-0.1, -0.05) is 6.07 Å². The summed E-state index contributed by atoms with van der Waals surface area (Å²) in [6.45, 7) is 6.71. The Hall–Kier alpha value is -1.63. The molecule has 1 N–H and O–H groups in total. The van der Waals surface area contributed by atoms with Crippen LogP contribution in [0.1, 0.15) is 31.2 Å². The lowest BCUT2D eigenvalue weighted by molar-refractivity contribution is -0.101. The minimum Gasteiger partial charge on any atom is -0.394 e. The smallest absolute Gasteiger partial charge is 0.246 e. The van der Waals surface area contributed by atoms with Crippen LogP contribution in [0.25, 0.3) is 0 Å². The van der Waals surface area contributed by atoms with Gasteiger partial charge in [0.1, 0.15) is 16.5 Å². The first-order valence-electron chi connectivity index (χ1n) is 11.1. The van der Waals surface area contributed by atoms with Gasteiger partial charge in [-0.25, -0.2) is 17.8 Å². The number of pyridine rings is 1. The predicted molar refractivity (Wildman–Crippen MR) is 129 cm³/mol. The number of aromatic nitrogens is 1. The molecule has 0 radical (unpaired) electrons. The van der Waals surface area contributed by atoms with Crippen molar-refractivity contribution in [2.45, 2.75) is 43.5 Å². The fourth-order valence-electron chi connectivity index (χ4n) is 4.41. The van der Waals surface area contributed by atoms with E-state index in [4.69, 9.17) is 9.47 Å². The summed E-state index contributed by atoms with van der Waals surface area (Å²) in [5, 5.41) is 9.71. The minimum atomic E-state index is -3.92. The molecule has 0 saturated carbocycles. The molecule has 1 aromatic heterocycles. The molecule has 1 aromatic carbocycles. The van der Waals surface area contributed by atoms with Crippen LogP contribution in [0.15, 0.2) is 39.7 Å². The van der Waals surface area contributed by atoms with Crippen LogP contribution in [0.3, 0.4) is 0 Å². The zero-order chi connectivity index (χ0) is 24.7. The molecule has 2 saturated heterocycles. The number of benzene rings is 1. The van der Waals surface area contributed by atoms with Crippen molar-refractivity contribution in [1.29, 1.82) is 0 Å². The third-order valence-electron chi connectivity index (χ3n) is 5.93. The van der Waals surface area contributed by atoms with Crippen LogP contribution in [0.4, 0.5) is 10.2 Å². The number of aliphatic hydroxyl groups excluding tert-OH is 1. The summed E-state index contributed by atoms with van der Waals surface area (Å²) in [6, 6.07) is 7.81. The van der Waals surface area contributed by atoms with E-state index in [0.717, 1.165) is 0 Å². The number of rotatable bonds is 5. The van der Waals surface area contributed by atoms with Crippen molar-refractivity contribution in [3.05, 3.63) is 51.9 Å². The maximum absolute atomic E-state index is 13.8. The van der Waals surface area contributed by atoms with Gasteiger partial charge < -0.3 is 19.5 Å². The van der Waals surface area contributed by atoms with Crippen LogP contribution < -0.4 is 4.90 Å². The number of halogens is 2. The van der Waals surface area contributed by atoms with Crippen molar-refractivity contribution in [1.82, 2.24) is 9.29 Å². The van der Waals surface area contributed by atoms with Crippen molar-refractivity contribution in [2.75, 3.05) is 44.3 Å². The quantitative estimate of drug-likeness (QED) is 0.604. The molecule has 0 amide bonds. The second kappa shape index (κ2) is 9.79. The van der Waals surface area contributed by atoms with Gasteiger partial charge in [-0.2, -0.15) is 4.31 Å². The van der Waals surface area contributed by atoms with Crippen LogP contribution in [-0.2, 0) is 19.5 Å². The maximum Gasteiger partial charge on any atom is 0.246 e. The minimum absolute atomic E-state index is 0.0988. The Bertz CT molecular complexity index is 1160. The molecule has 34 heavy (non-hydrogen) atoms. The van der Waals surface area contributed by atoms with Gasteiger partial charge in [0, 0.05) is 31.9 Å². The molecule has 2 aromatic rings. The van der Waals surface area contributed by atoms with E-state index in [9.17, 15) is 17.9 Å². The largest absolute Gasteiger partial charge is 0.394 e. The molecule has 2 aliphatic rings. The normalized spacial score (nSPS) is 23.8. The number of sulfonamides is 1. The summed E-state index contributed by atoms with van der Waals surface area (Å²) in [7, 11) is -3.92. The van der Waals surface area contributed by atoms with Gasteiger partial charge in [0.25, 0.3) is 0 Å². The van der Waals surface area contributed by atoms with E-state index < -0.39 is 33.6 Å². The Morgan fingerprint density at radius 3 is 2.74 bits per heavy atom. The van der Waals surface area contributed by atoms with E-state index in [-0.39, 0.29) is 31.2 Å². The van der Waals surface area contributed by atoms with E-state index in [1.165, 1.54) is 10.4 Å². The molecule has 4 rings (SSSR count). The third-order valence-corrected chi connectivity index (χ3v) is 8.42. The molecule has 0 bridgehead atoms. The molecule has 2 fully saturated rings. The summed E-state index contributed by atoms with van der Waals surface area (Å²) < 4.78 is 54.8. The Kier molecular flexibility index (Phi) is 7.33. The first kappa shape index (κ1) is 25.5. The number of nitrogens with zero attached hydrogens (tertiary/aromatic N) is 3. The molecule has 8 nitrogen and oxygen atoms in total. The van der Waals surface area contributed by atoms with Crippen LogP contribution >= 0.6 is 15.9 Å². The van der Waals surface area contributed by atoms with Crippen LogP contribution in [-0.4, -0.2) is 73.9 Å². The molecule has 2 unspecified atom stereocenters. The number of hydrogen-bond acceptors (Lipinski definition) is 7. The van der Waals surface area contributed by atoms with Gasteiger partial charge in [0.2, 0.25) is 10.0 Å². The summed E-state index contributed by atoms with van der Waals surface area (Å²) >= 11 is 3.18. The molecule has 186 valence electrons. The Morgan fingerprint density at radius 1 is 1.26 bits per heavy atom. The Labute approximate surface area is 207 Å². The van der Waals surface area contributed by atoms with Crippen LogP contribution in [0.2, 0.25) is 0 Å². The van der Waals surface area contributed by atoms with Gasteiger partial charge in [-0.15, -0.1) is 0 Å². The van der Waals surface area contributed by atoms with Crippen molar-refractivity contribution in [2.24, 2.45) is 0 Å². The lowest BCUT2D eigenvalue weighted by Gasteiger charge is -2.43. The summed E-state index contributed by atoms with van der Waals surface area (Å²) in [5.41, 5.74) is 0.795. The van der Waals surface area contributed by atoms with Gasteiger partial charge >= 0.3 is 0 Å². The number of aliphatic hydroxyl groups is 1. The van der Waals surface area contributed by atoms with Gasteiger partial charge in [-0.05, 0) is 66.5 Å². The van der Waals surface area contributed by atoms with E-state index in [1.54, 1.807) is 24.3 Å². The van der Waals surface area contributed by atoms with Crippen LogP contribution in [0, 0.1) is 12.7 Å². The maximum atomic E-state index is 13.8. The molecule has 11 heteroatoms. The van der Waals surface area contributed by atoms with Crippen molar-refractivity contribution in [3.63, 3.8) is 0 Å². The number of anilines is 1. The highest BCUT2D eigenvalue weighted by Gasteiger charge is 2.38. The molecular formula is C23H29BrFN3O5S. The first-order chi connectivity index (χ1) is 16.0. The second-order valence-electron chi connectivity index (χ2n) is 9.23. The van der Waals surface area contributed by atoms with Crippen molar-refractivity contribution >= 4 is 31.8 Å². The lowest BCUT2D eigenvalue weighted by Crippen LogP contribution is -2.54. The summed E-state index contributed by atoms with van der Waals surface area (Å²) in [4.78, 5) is 6.57. The summed E-state index contributed by atoms with van der Waals surface area (Å²) in [6.07, 6.45) is -0.977. The molecular weight excluding hydrogens is 529 g/mol. The second-order valence-corrected chi connectivity index (χ2v) is 12.0. The zero-order valence-corrected chi connectivity index (χ0v) is 21.8. The number of morpholine rings is 2. The average Bonchev–Trinajstić information content (AvgIpc) is 2.79. The first-order valence-corrected chi connectivity index (χ1v) is 13.3. The van der Waals surface area contributed by atoms with Crippen LogP contribution in [0.5, 0.6) is 0 Å². The van der Waals surface area contributed by atoms with E-state index >= 15 is 0 Å². The van der Waals surface area contributed by atoms with Crippen molar-refractivity contribution in [3.8, 4) is 0 Å². The monoisotopic (exact) mass is 557 g/mol. The Morgan fingerprint density at radius 2 is 2.03 bits per heavy atom. The highest BCUT2D eigenvalue weighted by Crippen LogP contribution is 2.34. The highest BCUT2D eigenvalue weighted by atomic mass is 79.9. The highest BCUT2D eigenvalue weighted by molar-refractivity contribution is 9.10. The number of aryl methyl sites for hydroxylation is 1. The number of hydrogen-bond donors (Lipinski definition) is 1. The predicted octanol–water partition coefficient (Wildman–Crippen LogP) is 3.03. The Balaban J connectivity index is 1.66. The fraction of sp³-hybridized carbons (Fsp3) is 0.522. The van der Waals surface area contributed by atoms with Crippen molar-refractivity contribution < 1.29 is 27.4 Å². The van der Waals surface area contributed by atoms with Gasteiger partial charge in [0.05, 0.1) is 35.5 Å². The molecule has 0 spiro atoms. The SMILES string of the molecule is Cc1ccc(S(=O)(=O)N2CCOC(c3ccc(F)c(Br)c3)C2)c(N2CC(CO)OC(C)(C)C2)n1.